The number of benzene rings is 2. The summed E-state index contributed by atoms with van der Waals surface area (Å²) in [6.45, 7) is 2.06. The normalized spacial score (nSPS) is 10.7. The zero-order valence-electron chi connectivity index (χ0n) is 13.7. The van der Waals surface area contributed by atoms with Crippen LogP contribution >= 0.6 is 0 Å². The number of likely N-dealkylation sites (N-methyl/N-ethyl adjacent to an activating group) is 1. The van der Waals surface area contributed by atoms with Crippen molar-refractivity contribution in [2.75, 3.05) is 34.4 Å². The second-order valence-corrected chi connectivity index (χ2v) is 5.23. The molecule has 0 aliphatic heterocycles. The minimum absolute atomic E-state index is 0.261. The highest BCUT2D eigenvalue weighted by atomic mass is 19.1. The Kier molecular flexibility index (Phi) is 6.23. The van der Waals surface area contributed by atoms with Gasteiger partial charge in [0.05, 0.1) is 14.2 Å². The van der Waals surface area contributed by atoms with Crippen molar-refractivity contribution in [1.29, 1.82) is 0 Å². The third kappa shape index (κ3) is 5.14. The molecule has 23 heavy (non-hydrogen) atoms. The first-order chi connectivity index (χ1) is 11.1. The number of nitrogens with zero attached hydrogens (tertiary/aromatic N) is 1. The van der Waals surface area contributed by atoms with Gasteiger partial charge in [-0.25, -0.2) is 4.39 Å². The Balaban J connectivity index is 1.82. The molecule has 4 nitrogen and oxygen atoms in total. The Morgan fingerprint density at radius 1 is 0.957 bits per heavy atom. The SMILES string of the molecule is COc1ccc(CN(C)CCOc2ccc(F)cc2)cc1OC. The first kappa shape index (κ1) is 17.1. The van der Waals surface area contributed by atoms with Gasteiger partial charge in [0.25, 0.3) is 0 Å². The summed E-state index contributed by atoms with van der Waals surface area (Å²) >= 11 is 0. The van der Waals surface area contributed by atoms with Crippen LogP contribution in [0.5, 0.6) is 17.2 Å². The molecule has 124 valence electrons. The van der Waals surface area contributed by atoms with Gasteiger partial charge in [0, 0.05) is 13.1 Å². The number of hydrogen-bond donors (Lipinski definition) is 0. The van der Waals surface area contributed by atoms with E-state index in [9.17, 15) is 4.39 Å². The Morgan fingerprint density at radius 3 is 2.30 bits per heavy atom. The summed E-state index contributed by atoms with van der Waals surface area (Å²) in [5, 5.41) is 0. The minimum atomic E-state index is -0.261. The van der Waals surface area contributed by atoms with Crippen LogP contribution in [0.25, 0.3) is 0 Å². The van der Waals surface area contributed by atoms with Gasteiger partial charge < -0.3 is 14.2 Å². The van der Waals surface area contributed by atoms with E-state index in [0.29, 0.717) is 12.4 Å². The average molecular weight is 319 g/mol. The fourth-order valence-corrected chi connectivity index (χ4v) is 2.22. The lowest BCUT2D eigenvalue weighted by Crippen LogP contribution is -2.23. The third-order valence-electron chi connectivity index (χ3n) is 3.46. The maximum atomic E-state index is 12.8. The van der Waals surface area contributed by atoms with Crippen molar-refractivity contribution in [3.8, 4) is 17.2 Å². The Labute approximate surface area is 136 Å². The van der Waals surface area contributed by atoms with E-state index in [1.54, 1.807) is 26.4 Å². The molecule has 0 amide bonds. The topological polar surface area (TPSA) is 30.9 Å². The highest BCUT2D eigenvalue weighted by Crippen LogP contribution is 2.27. The van der Waals surface area contributed by atoms with E-state index in [-0.39, 0.29) is 5.82 Å². The lowest BCUT2D eigenvalue weighted by atomic mass is 10.2. The van der Waals surface area contributed by atoms with Crippen molar-refractivity contribution in [1.82, 2.24) is 4.90 Å². The largest absolute Gasteiger partial charge is 0.493 e. The summed E-state index contributed by atoms with van der Waals surface area (Å²) in [5.74, 6) is 1.85. The van der Waals surface area contributed by atoms with Gasteiger partial charge >= 0.3 is 0 Å². The zero-order chi connectivity index (χ0) is 16.7. The van der Waals surface area contributed by atoms with Crippen molar-refractivity contribution >= 4 is 0 Å². The molecule has 0 aliphatic carbocycles. The lowest BCUT2D eigenvalue weighted by molar-refractivity contribution is 0.232. The van der Waals surface area contributed by atoms with Crippen LogP contribution in [-0.2, 0) is 6.54 Å². The predicted molar refractivity (Wildman–Crippen MR) is 87.8 cm³/mol. The van der Waals surface area contributed by atoms with Crippen molar-refractivity contribution in [3.05, 3.63) is 53.8 Å². The Bertz CT molecular complexity index is 616. The van der Waals surface area contributed by atoms with E-state index in [4.69, 9.17) is 14.2 Å². The molecule has 0 saturated heterocycles. The molecule has 0 unspecified atom stereocenters. The number of rotatable bonds is 8. The predicted octanol–water partition coefficient (Wildman–Crippen LogP) is 3.35. The standard InChI is InChI=1S/C18H22FNO3/c1-20(10-11-23-16-7-5-15(19)6-8-16)13-14-4-9-17(21-2)18(12-14)22-3/h4-9,12H,10-11,13H2,1-3H3. The van der Waals surface area contributed by atoms with Crippen LogP contribution in [0.15, 0.2) is 42.5 Å². The fourth-order valence-electron chi connectivity index (χ4n) is 2.22. The van der Waals surface area contributed by atoms with E-state index < -0.39 is 0 Å². The number of hydrogen-bond acceptors (Lipinski definition) is 4. The Hall–Kier alpha value is -2.27. The molecule has 2 aromatic carbocycles. The van der Waals surface area contributed by atoms with Crippen LogP contribution < -0.4 is 14.2 Å². The first-order valence-corrected chi connectivity index (χ1v) is 7.40. The monoisotopic (exact) mass is 319 g/mol. The molecular weight excluding hydrogens is 297 g/mol. The van der Waals surface area contributed by atoms with E-state index in [2.05, 4.69) is 4.90 Å². The molecule has 0 aliphatic rings. The molecule has 0 spiro atoms. The van der Waals surface area contributed by atoms with Gasteiger partial charge in [0.2, 0.25) is 0 Å². The molecule has 0 fully saturated rings. The van der Waals surface area contributed by atoms with Crippen molar-refractivity contribution < 1.29 is 18.6 Å². The van der Waals surface area contributed by atoms with Crippen LogP contribution in [0.2, 0.25) is 0 Å². The summed E-state index contributed by atoms with van der Waals surface area (Å²) in [7, 11) is 5.27. The molecule has 0 aromatic heterocycles. The summed E-state index contributed by atoms with van der Waals surface area (Å²) in [5.41, 5.74) is 1.13. The van der Waals surface area contributed by atoms with Gasteiger partial charge in [-0.05, 0) is 49.0 Å². The fraction of sp³-hybridized carbons (Fsp3) is 0.333. The summed E-state index contributed by atoms with van der Waals surface area (Å²) < 4.78 is 29.0. The maximum Gasteiger partial charge on any atom is 0.161 e. The Morgan fingerprint density at radius 2 is 1.65 bits per heavy atom. The first-order valence-electron chi connectivity index (χ1n) is 7.40. The second kappa shape index (κ2) is 8.39. The molecule has 0 heterocycles. The van der Waals surface area contributed by atoms with Crippen LogP contribution in [0.3, 0.4) is 0 Å². The molecular formula is C18H22FNO3. The van der Waals surface area contributed by atoms with Crippen LogP contribution in [0, 0.1) is 5.82 Å². The van der Waals surface area contributed by atoms with Gasteiger partial charge in [0.15, 0.2) is 11.5 Å². The maximum absolute atomic E-state index is 12.8. The third-order valence-corrected chi connectivity index (χ3v) is 3.46. The highest BCUT2D eigenvalue weighted by Gasteiger charge is 2.07. The molecule has 0 bridgehead atoms. The van der Waals surface area contributed by atoms with E-state index in [1.165, 1.54) is 12.1 Å². The summed E-state index contributed by atoms with van der Waals surface area (Å²) in [6.07, 6.45) is 0. The molecule has 2 rings (SSSR count). The molecule has 0 N–H and O–H groups in total. The van der Waals surface area contributed by atoms with E-state index >= 15 is 0 Å². The van der Waals surface area contributed by atoms with Crippen molar-refractivity contribution in [2.45, 2.75) is 6.54 Å². The quantitative estimate of drug-likeness (QED) is 0.746. The lowest BCUT2D eigenvalue weighted by Gasteiger charge is -2.18. The van der Waals surface area contributed by atoms with Crippen LogP contribution in [0.1, 0.15) is 5.56 Å². The summed E-state index contributed by atoms with van der Waals surface area (Å²) in [6, 6.07) is 11.9. The van der Waals surface area contributed by atoms with Crippen LogP contribution in [0.4, 0.5) is 4.39 Å². The molecule has 0 radical (unpaired) electrons. The molecule has 2 aromatic rings. The van der Waals surface area contributed by atoms with Gasteiger partial charge in [-0.15, -0.1) is 0 Å². The minimum Gasteiger partial charge on any atom is -0.493 e. The zero-order valence-corrected chi connectivity index (χ0v) is 13.7. The number of ether oxygens (including phenoxy) is 3. The van der Waals surface area contributed by atoms with Crippen LogP contribution in [-0.4, -0.2) is 39.3 Å². The molecule has 0 atom stereocenters. The van der Waals surface area contributed by atoms with Crippen molar-refractivity contribution in [3.63, 3.8) is 0 Å². The van der Waals surface area contributed by atoms with E-state index in [1.807, 2.05) is 25.2 Å². The van der Waals surface area contributed by atoms with E-state index in [0.717, 1.165) is 30.2 Å². The van der Waals surface area contributed by atoms with Crippen molar-refractivity contribution in [2.24, 2.45) is 0 Å². The average Bonchev–Trinajstić information content (AvgIpc) is 2.56. The second-order valence-electron chi connectivity index (χ2n) is 5.23. The molecule has 5 heteroatoms. The van der Waals surface area contributed by atoms with Gasteiger partial charge in [-0.3, -0.25) is 4.90 Å². The van der Waals surface area contributed by atoms with Gasteiger partial charge in [0.1, 0.15) is 18.2 Å². The van der Waals surface area contributed by atoms with Gasteiger partial charge in [-0.1, -0.05) is 6.07 Å². The highest BCUT2D eigenvalue weighted by molar-refractivity contribution is 5.42. The summed E-state index contributed by atoms with van der Waals surface area (Å²) in [4.78, 5) is 2.14. The van der Waals surface area contributed by atoms with Gasteiger partial charge in [-0.2, -0.15) is 0 Å². The number of halogens is 1. The number of methoxy groups -OCH3 is 2. The smallest absolute Gasteiger partial charge is 0.161 e. The molecule has 0 saturated carbocycles.